The predicted octanol–water partition coefficient (Wildman–Crippen LogP) is 3.80. The third-order valence-corrected chi connectivity index (χ3v) is 7.49. The number of likely N-dealkylation sites (tertiary alicyclic amines) is 1. The zero-order valence-corrected chi connectivity index (χ0v) is 17.6. The van der Waals surface area contributed by atoms with E-state index in [-0.39, 0.29) is 0 Å². The Morgan fingerprint density at radius 3 is 2.82 bits per heavy atom. The van der Waals surface area contributed by atoms with Gasteiger partial charge in [0.15, 0.2) is 0 Å². The van der Waals surface area contributed by atoms with Crippen molar-refractivity contribution in [2.45, 2.75) is 31.2 Å². The molecule has 0 spiro atoms. The number of rotatable bonds is 6. The topological polar surface area (TPSA) is 62.3 Å². The summed E-state index contributed by atoms with van der Waals surface area (Å²) in [4.78, 5) is 7.26. The smallest absolute Gasteiger partial charge is 0.240 e. The van der Waals surface area contributed by atoms with E-state index in [0.29, 0.717) is 17.4 Å². The highest BCUT2D eigenvalue weighted by Gasteiger charge is 2.23. The molecule has 1 atom stereocenters. The van der Waals surface area contributed by atoms with Gasteiger partial charge in [-0.1, -0.05) is 30.3 Å². The molecule has 1 saturated heterocycles. The van der Waals surface area contributed by atoms with E-state index in [2.05, 4.69) is 20.0 Å². The van der Waals surface area contributed by atoms with E-state index in [9.17, 15) is 8.42 Å². The highest BCUT2D eigenvalue weighted by atomic mass is 32.2. The van der Waals surface area contributed by atoms with Crippen LogP contribution in [0.1, 0.15) is 23.5 Å². The van der Waals surface area contributed by atoms with E-state index in [1.807, 2.05) is 37.3 Å². The molecular weight excluding hydrogens is 390 g/mol. The van der Waals surface area contributed by atoms with Crippen LogP contribution in [0.2, 0.25) is 0 Å². The van der Waals surface area contributed by atoms with Crippen molar-refractivity contribution in [1.82, 2.24) is 14.6 Å². The third-order valence-electron chi connectivity index (χ3n) is 5.25. The first-order valence-corrected chi connectivity index (χ1v) is 12.0. The van der Waals surface area contributed by atoms with Crippen molar-refractivity contribution < 1.29 is 8.42 Å². The molecule has 1 unspecified atom stereocenters. The normalized spacial score (nSPS) is 18.5. The van der Waals surface area contributed by atoms with Gasteiger partial charge < -0.3 is 0 Å². The van der Waals surface area contributed by atoms with E-state index in [1.165, 1.54) is 0 Å². The first-order chi connectivity index (χ1) is 13.5. The lowest BCUT2D eigenvalue weighted by Gasteiger charge is -2.32. The number of fused-ring (bicyclic) bond motifs is 1. The van der Waals surface area contributed by atoms with Crippen LogP contribution < -0.4 is 4.72 Å². The summed E-state index contributed by atoms with van der Waals surface area (Å²) in [7, 11) is -3.50. The highest BCUT2D eigenvalue weighted by molar-refractivity contribution is 7.89. The number of nitrogens with one attached hydrogen (secondary N) is 1. The second-order valence-corrected chi connectivity index (χ2v) is 10.3. The van der Waals surface area contributed by atoms with Crippen molar-refractivity contribution in [3.05, 3.63) is 58.5 Å². The fourth-order valence-corrected chi connectivity index (χ4v) is 5.57. The van der Waals surface area contributed by atoms with Crippen LogP contribution in [0.15, 0.2) is 52.7 Å². The van der Waals surface area contributed by atoms with Gasteiger partial charge in [0.1, 0.15) is 0 Å². The van der Waals surface area contributed by atoms with Crippen molar-refractivity contribution in [1.29, 1.82) is 0 Å². The largest absolute Gasteiger partial charge is 0.297 e. The van der Waals surface area contributed by atoms with Gasteiger partial charge in [0, 0.05) is 25.0 Å². The number of aromatic nitrogens is 1. The molecule has 0 aliphatic carbocycles. The van der Waals surface area contributed by atoms with Crippen LogP contribution in [-0.4, -0.2) is 37.9 Å². The Bertz CT molecular complexity index is 1060. The zero-order chi connectivity index (χ0) is 19.6. The van der Waals surface area contributed by atoms with Crippen LogP contribution in [0.3, 0.4) is 0 Å². The maximum Gasteiger partial charge on any atom is 0.240 e. The summed E-state index contributed by atoms with van der Waals surface area (Å²) >= 11 is 1.68. The summed E-state index contributed by atoms with van der Waals surface area (Å²) < 4.78 is 28.4. The summed E-state index contributed by atoms with van der Waals surface area (Å²) in [6.45, 7) is 5.29. The van der Waals surface area contributed by atoms with Crippen LogP contribution in [0.4, 0.5) is 0 Å². The van der Waals surface area contributed by atoms with Crippen molar-refractivity contribution in [2.24, 2.45) is 5.92 Å². The average Bonchev–Trinajstić information content (AvgIpc) is 3.11. The van der Waals surface area contributed by atoms with Gasteiger partial charge in [0.05, 0.1) is 15.6 Å². The molecule has 7 heteroatoms. The Morgan fingerprint density at radius 2 is 2.04 bits per heavy atom. The van der Waals surface area contributed by atoms with E-state index < -0.39 is 10.0 Å². The minimum absolute atomic E-state index is 0.323. The molecular formula is C21H25N3O2S2. The Morgan fingerprint density at radius 1 is 1.21 bits per heavy atom. The van der Waals surface area contributed by atoms with Crippen LogP contribution in [0.25, 0.3) is 10.8 Å². The van der Waals surface area contributed by atoms with Gasteiger partial charge in [-0.3, -0.25) is 4.90 Å². The van der Waals surface area contributed by atoms with Gasteiger partial charge in [0.25, 0.3) is 0 Å². The number of aryl methyl sites for hydroxylation is 1. The molecule has 0 amide bonds. The van der Waals surface area contributed by atoms with E-state index in [0.717, 1.165) is 53.9 Å². The molecule has 5 nitrogen and oxygen atoms in total. The van der Waals surface area contributed by atoms with Gasteiger partial charge in [0.2, 0.25) is 10.0 Å². The number of hydrogen-bond acceptors (Lipinski definition) is 5. The number of piperidine rings is 1. The van der Waals surface area contributed by atoms with Gasteiger partial charge in [-0.05, 0) is 55.1 Å². The molecule has 1 N–H and O–H groups in total. The first kappa shape index (κ1) is 19.5. The van der Waals surface area contributed by atoms with Crippen molar-refractivity contribution in [3.63, 3.8) is 0 Å². The standard InChI is InChI=1S/C21H25N3O2S2/c1-16-23-20(15-27-16)14-24-10-4-5-17(13-24)12-22-28(25,26)21-9-8-18-6-2-3-7-19(18)11-21/h2-3,6-9,11,15,17,22H,4-5,10,12-14H2,1H3. The van der Waals surface area contributed by atoms with E-state index >= 15 is 0 Å². The molecule has 0 bridgehead atoms. The van der Waals surface area contributed by atoms with E-state index in [1.54, 1.807) is 23.5 Å². The molecule has 1 aliphatic rings. The fourth-order valence-electron chi connectivity index (χ4n) is 3.82. The monoisotopic (exact) mass is 415 g/mol. The minimum atomic E-state index is -3.50. The number of thiazole rings is 1. The second-order valence-electron chi connectivity index (χ2n) is 7.46. The highest BCUT2D eigenvalue weighted by Crippen LogP contribution is 2.21. The van der Waals surface area contributed by atoms with Crippen LogP contribution >= 0.6 is 11.3 Å². The van der Waals surface area contributed by atoms with Crippen molar-refractivity contribution in [3.8, 4) is 0 Å². The van der Waals surface area contributed by atoms with Gasteiger partial charge in [-0.2, -0.15) is 0 Å². The molecule has 4 rings (SSSR count). The van der Waals surface area contributed by atoms with E-state index in [4.69, 9.17) is 0 Å². The number of benzene rings is 2. The van der Waals surface area contributed by atoms with Gasteiger partial charge in [-0.15, -0.1) is 11.3 Å². The van der Waals surface area contributed by atoms with Crippen LogP contribution in [-0.2, 0) is 16.6 Å². The molecule has 0 radical (unpaired) electrons. The first-order valence-electron chi connectivity index (χ1n) is 9.61. The maximum absolute atomic E-state index is 12.8. The van der Waals surface area contributed by atoms with Crippen molar-refractivity contribution in [2.75, 3.05) is 19.6 Å². The van der Waals surface area contributed by atoms with Gasteiger partial charge >= 0.3 is 0 Å². The Labute approximate surface area is 170 Å². The Balaban J connectivity index is 1.38. The molecule has 2 heterocycles. The Hall–Kier alpha value is -1.80. The summed E-state index contributed by atoms with van der Waals surface area (Å²) in [5.41, 5.74) is 1.11. The lowest BCUT2D eigenvalue weighted by Crippen LogP contribution is -2.40. The van der Waals surface area contributed by atoms with Crippen molar-refractivity contribution >= 4 is 32.1 Å². The summed E-state index contributed by atoms with van der Waals surface area (Å²) in [5, 5.41) is 5.18. The zero-order valence-electron chi connectivity index (χ0n) is 16.0. The Kier molecular flexibility index (Phi) is 5.78. The fraction of sp³-hybridized carbons (Fsp3) is 0.381. The molecule has 1 aliphatic heterocycles. The molecule has 2 aromatic carbocycles. The molecule has 1 fully saturated rings. The minimum Gasteiger partial charge on any atom is -0.297 e. The van der Waals surface area contributed by atoms with Gasteiger partial charge in [-0.25, -0.2) is 18.1 Å². The number of nitrogens with zero attached hydrogens (tertiary/aromatic N) is 2. The third kappa shape index (κ3) is 4.60. The number of sulfonamides is 1. The predicted molar refractivity (Wildman–Crippen MR) is 114 cm³/mol. The lowest BCUT2D eigenvalue weighted by atomic mass is 9.98. The molecule has 28 heavy (non-hydrogen) atoms. The summed E-state index contributed by atoms with van der Waals surface area (Å²) in [6.07, 6.45) is 2.14. The van der Waals surface area contributed by atoms with Crippen LogP contribution in [0.5, 0.6) is 0 Å². The summed E-state index contributed by atoms with van der Waals surface area (Å²) in [5.74, 6) is 0.323. The SMILES string of the molecule is Cc1nc(CN2CCCC(CNS(=O)(=O)c3ccc4ccccc4c3)C2)cs1. The maximum atomic E-state index is 12.8. The summed E-state index contributed by atoms with van der Waals surface area (Å²) in [6, 6.07) is 13.1. The molecule has 148 valence electrons. The molecule has 0 saturated carbocycles. The molecule has 1 aromatic heterocycles. The lowest BCUT2D eigenvalue weighted by molar-refractivity contribution is 0.167. The average molecular weight is 416 g/mol. The second kappa shape index (κ2) is 8.29. The quantitative estimate of drug-likeness (QED) is 0.665. The van der Waals surface area contributed by atoms with Crippen LogP contribution in [0, 0.1) is 12.8 Å². The molecule has 3 aromatic rings. The number of hydrogen-bond donors (Lipinski definition) is 1.